The molecule has 0 fully saturated rings. The van der Waals surface area contributed by atoms with Gasteiger partial charge in [0.05, 0.1) is 0 Å². The molecule has 0 amide bonds. The second-order valence-corrected chi connectivity index (χ2v) is 5.10. The van der Waals surface area contributed by atoms with Crippen LogP contribution >= 0.6 is 0 Å². The number of hydrogen-bond donors (Lipinski definition) is 2. The van der Waals surface area contributed by atoms with E-state index in [0.29, 0.717) is 0 Å². The van der Waals surface area contributed by atoms with E-state index >= 15 is 0 Å². The monoisotopic (exact) mass is 238 g/mol. The van der Waals surface area contributed by atoms with E-state index in [0.717, 1.165) is 0 Å². The molecule has 2 N–H and O–H groups in total. The van der Waals surface area contributed by atoms with Crippen molar-refractivity contribution in [3.63, 3.8) is 0 Å². The second-order valence-electron chi connectivity index (χ2n) is 2.49. The molecule has 0 aromatic carbocycles. The van der Waals surface area contributed by atoms with Crippen LogP contribution in [-0.2, 0) is 9.63 Å². The van der Waals surface area contributed by atoms with Crippen LogP contribution in [0.25, 0.3) is 0 Å². The Hall–Kier alpha value is -0.800. The molecule has 0 aromatic heterocycles. The summed E-state index contributed by atoms with van der Waals surface area (Å²) in [5.41, 5.74) is -3.87. The first-order valence-electron chi connectivity index (χ1n) is 2.98. The van der Waals surface area contributed by atoms with Gasteiger partial charge >= 0.3 is 0 Å². The van der Waals surface area contributed by atoms with Crippen molar-refractivity contribution in [2.75, 3.05) is 0 Å². The molecule has 0 saturated heterocycles. The smallest absolute Gasteiger partial charge is 0.257 e. The maximum absolute atomic E-state index is 12.5. The number of rotatable bonds is 0. The highest BCUT2D eigenvalue weighted by Crippen LogP contribution is 2.47. The van der Waals surface area contributed by atoms with Gasteiger partial charge in [-0.3, -0.25) is 0 Å². The van der Waals surface area contributed by atoms with Gasteiger partial charge in [0.15, 0.2) is 21.3 Å². The van der Waals surface area contributed by atoms with Gasteiger partial charge in [0, 0.05) is 0 Å². The van der Waals surface area contributed by atoms with E-state index in [9.17, 15) is 26.2 Å². The normalized spacial score (nSPS) is 33.9. The van der Waals surface area contributed by atoms with Crippen molar-refractivity contribution in [2.45, 2.75) is 5.50 Å². The van der Waals surface area contributed by atoms with Crippen LogP contribution in [0.3, 0.4) is 0 Å². The Bertz CT molecular complexity index is 419. The molecule has 0 spiro atoms. The lowest BCUT2D eigenvalue weighted by Gasteiger charge is -2.33. The maximum atomic E-state index is 12.5. The SMILES string of the molecule is O=S1(O)(O)C(F)=C(F)C(F)=C(F)C1F. The highest BCUT2D eigenvalue weighted by Gasteiger charge is 2.56. The van der Waals surface area contributed by atoms with E-state index in [4.69, 9.17) is 9.11 Å². The summed E-state index contributed by atoms with van der Waals surface area (Å²) in [7, 11) is -6.93. The molecule has 0 aliphatic carbocycles. The summed E-state index contributed by atoms with van der Waals surface area (Å²) in [6.45, 7) is 0. The molecule has 14 heavy (non-hydrogen) atoms. The van der Waals surface area contributed by atoms with E-state index < -0.39 is 37.8 Å². The Kier molecular flexibility index (Phi) is 2.10. The maximum Gasteiger partial charge on any atom is 0.257 e. The van der Waals surface area contributed by atoms with Crippen molar-refractivity contribution in [3.05, 3.63) is 22.6 Å². The van der Waals surface area contributed by atoms with Crippen molar-refractivity contribution in [3.8, 4) is 0 Å². The Morgan fingerprint density at radius 3 is 1.93 bits per heavy atom. The van der Waals surface area contributed by atoms with Gasteiger partial charge < -0.3 is 9.11 Å². The van der Waals surface area contributed by atoms with Gasteiger partial charge in [-0.2, -0.15) is 8.78 Å². The third-order valence-electron chi connectivity index (χ3n) is 1.48. The Balaban J connectivity index is 3.59. The summed E-state index contributed by atoms with van der Waals surface area (Å²) in [6.07, 6.45) is 0. The summed E-state index contributed by atoms with van der Waals surface area (Å²) in [4.78, 5) is 0. The molecule has 1 unspecified atom stereocenters. The van der Waals surface area contributed by atoms with Gasteiger partial charge in [0.2, 0.25) is 5.83 Å². The zero-order valence-corrected chi connectivity index (χ0v) is 6.99. The first kappa shape index (κ1) is 11.3. The molecule has 9 heteroatoms. The van der Waals surface area contributed by atoms with Gasteiger partial charge in [-0.25, -0.2) is 17.4 Å². The van der Waals surface area contributed by atoms with E-state index in [2.05, 4.69) is 0 Å². The van der Waals surface area contributed by atoms with Gasteiger partial charge in [-0.1, -0.05) is 0 Å². The summed E-state index contributed by atoms with van der Waals surface area (Å²) in [6, 6.07) is 0. The molecule has 0 saturated carbocycles. The molecule has 0 aromatic rings. The number of hydrogen-bond acceptors (Lipinski definition) is 1. The first-order valence-corrected chi connectivity index (χ1v) is 4.93. The molecule has 1 rings (SSSR count). The zero-order valence-electron chi connectivity index (χ0n) is 6.18. The van der Waals surface area contributed by atoms with E-state index in [1.165, 1.54) is 0 Å². The average molecular weight is 238 g/mol. The Morgan fingerprint density at radius 1 is 1.07 bits per heavy atom. The molecular formula is C5H3F5O3S. The standard InChI is InChI=1S/C5H3F5O3S/c6-1-2(7)4(9)14(11,12,13)5(10)3(1)8/h4H,(H2,11,12,13). The molecular weight excluding hydrogens is 235 g/mol. The third-order valence-corrected chi connectivity index (χ3v) is 3.29. The lowest BCUT2D eigenvalue weighted by molar-refractivity contribution is 0.285. The lowest BCUT2D eigenvalue weighted by Crippen LogP contribution is -2.44. The van der Waals surface area contributed by atoms with Crippen LogP contribution in [0.2, 0.25) is 0 Å². The summed E-state index contributed by atoms with van der Waals surface area (Å²) < 4.78 is 89.4. The number of alkyl halides is 1. The molecule has 82 valence electrons. The van der Waals surface area contributed by atoms with Crippen molar-refractivity contribution in [1.82, 2.24) is 0 Å². The van der Waals surface area contributed by atoms with Crippen LogP contribution in [-0.4, -0.2) is 18.8 Å². The van der Waals surface area contributed by atoms with Gasteiger partial charge in [0.25, 0.3) is 10.7 Å². The van der Waals surface area contributed by atoms with Gasteiger partial charge in [0.1, 0.15) is 0 Å². The third kappa shape index (κ3) is 1.20. The van der Waals surface area contributed by atoms with Crippen LogP contribution in [0.15, 0.2) is 22.6 Å². The number of halogens is 5. The highest BCUT2D eigenvalue weighted by molar-refractivity contribution is 8.14. The van der Waals surface area contributed by atoms with Crippen molar-refractivity contribution >= 4 is 9.63 Å². The van der Waals surface area contributed by atoms with Crippen LogP contribution in [0.1, 0.15) is 0 Å². The minimum absolute atomic E-state index is 2.58. The molecule has 1 aliphatic rings. The van der Waals surface area contributed by atoms with Crippen LogP contribution in [0, 0.1) is 0 Å². The minimum Gasteiger partial charge on any atom is -0.300 e. The first-order chi connectivity index (χ1) is 6.08. The molecule has 1 aliphatic heterocycles. The highest BCUT2D eigenvalue weighted by atomic mass is 32.3. The fourth-order valence-electron chi connectivity index (χ4n) is 0.737. The minimum atomic E-state index is -6.93. The lowest BCUT2D eigenvalue weighted by atomic mass is 10.4. The largest absolute Gasteiger partial charge is 0.300 e. The fraction of sp³-hybridized carbons (Fsp3) is 0.200. The van der Waals surface area contributed by atoms with Crippen LogP contribution in [0.5, 0.6) is 0 Å². The summed E-state index contributed by atoms with van der Waals surface area (Å²) in [5.74, 6) is -7.97. The van der Waals surface area contributed by atoms with E-state index in [1.54, 1.807) is 0 Å². The van der Waals surface area contributed by atoms with Crippen LogP contribution < -0.4 is 0 Å². The summed E-state index contributed by atoms with van der Waals surface area (Å²) in [5, 5.41) is -2.95. The molecule has 3 nitrogen and oxygen atoms in total. The molecule has 1 heterocycles. The van der Waals surface area contributed by atoms with Gasteiger partial charge in [-0.05, 0) is 0 Å². The number of allylic oxidation sites excluding steroid dienone is 2. The van der Waals surface area contributed by atoms with Crippen LogP contribution in [0.4, 0.5) is 22.0 Å². The average Bonchev–Trinajstić information content (AvgIpc) is 2.09. The molecule has 0 radical (unpaired) electrons. The quantitative estimate of drug-likeness (QED) is 0.636. The predicted octanol–water partition coefficient (Wildman–Crippen LogP) is 2.32. The zero-order chi connectivity index (χ0) is 11.3. The Morgan fingerprint density at radius 2 is 1.50 bits per heavy atom. The van der Waals surface area contributed by atoms with Crippen molar-refractivity contribution in [1.29, 1.82) is 0 Å². The molecule has 1 atom stereocenters. The van der Waals surface area contributed by atoms with E-state index in [-0.39, 0.29) is 0 Å². The van der Waals surface area contributed by atoms with Crippen molar-refractivity contribution < 1.29 is 35.3 Å². The van der Waals surface area contributed by atoms with Crippen molar-refractivity contribution in [2.24, 2.45) is 0 Å². The molecule has 0 bridgehead atoms. The predicted molar refractivity (Wildman–Crippen MR) is 36.8 cm³/mol. The Labute approximate surface area is 74.0 Å². The second kappa shape index (κ2) is 2.61. The van der Waals surface area contributed by atoms with Gasteiger partial charge in [-0.15, -0.1) is 0 Å². The van der Waals surface area contributed by atoms with E-state index in [1.807, 2.05) is 0 Å². The summed E-state index contributed by atoms with van der Waals surface area (Å²) >= 11 is 0. The topological polar surface area (TPSA) is 57.5 Å². The fourth-order valence-corrected chi connectivity index (χ4v) is 1.82.